The van der Waals surface area contributed by atoms with Crippen molar-refractivity contribution in [1.82, 2.24) is 0 Å². The zero-order chi connectivity index (χ0) is 37.4. The van der Waals surface area contributed by atoms with E-state index in [0.29, 0.717) is 0 Å². The van der Waals surface area contributed by atoms with Crippen molar-refractivity contribution in [3.05, 3.63) is 200 Å². The smallest absolute Gasteiger partial charge is 0.355 e. The van der Waals surface area contributed by atoms with Crippen molar-refractivity contribution in [3.63, 3.8) is 0 Å². The van der Waals surface area contributed by atoms with Gasteiger partial charge < -0.3 is 9.80 Å². The third-order valence-corrected chi connectivity index (χ3v) is 8.55. The second kappa shape index (κ2) is 18.9. The van der Waals surface area contributed by atoms with Crippen molar-refractivity contribution >= 4 is 46.4 Å². The molecule has 0 aromatic heterocycles. The van der Waals surface area contributed by atoms with Crippen LogP contribution in [0.5, 0.6) is 0 Å². The molecule has 0 radical (unpaired) electrons. The molecule has 0 bridgehead atoms. The minimum absolute atomic E-state index is 0. The van der Waals surface area contributed by atoms with E-state index in [2.05, 4.69) is 0 Å². The van der Waals surface area contributed by atoms with Gasteiger partial charge in [0.05, 0.1) is 21.2 Å². The molecule has 0 aliphatic rings. The molecule has 53 heavy (non-hydrogen) atoms. The van der Waals surface area contributed by atoms with Crippen LogP contribution in [0.15, 0.2) is 121 Å². The molecule has 4 nitrogen and oxygen atoms in total. The van der Waals surface area contributed by atoms with Gasteiger partial charge >= 0.3 is 21.7 Å². The molecule has 0 spiro atoms. The first-order chi connectivity index (χ1) is 24.9. The van der Waals surface area contributed by atoms with Crippen molar-refractivity contribution in [2.45, 2.75) is 26.9 Å². The Kier molecular flexibility index (Phi) is 14.6. The van der Waals surface area contributed by atoms with E-state index in [-0.39, 0.29) is 67.4 Å². The summed E-state index contributed by atoms with van der Waals surface area (Å²) >= 11 is 12.3. The number of carbonyl (C=O) groups excluding carboxylic acids is 2. The molecule has 2 amide bonds. The Balaban J connectivity index is 0.000000232. The standard InChI is InChI=1S/2C21H15ClF2NO.Ti/c2*1-14-6-8-15(9-7-14)13-25(20-11-10-16(23)12-19(20)24)21(26)17-4-2-3-5-18(17)22;/h2*2-11H,13H2,1H3;/q2*-1;+2. The molecule has 0 N–H and O–H groups in total. The summed E-state index contributed by atoms with van der Waals surface area (Å²) in [4.78, 5) is 28.6. The molecular formula is C42H30Cl2F4N2O2Ti. The van der Waals surface area contributed by atoms with Gasteiger partial charge in [0.1, 0.15) is 0 Å². The van der Waals surface area contributed by atoms with Crippen LogP contribution in [0.25, 0.3) is 0 Å². The summed E-state index contributed by atoms with van der Waals surface area (Å²) in [5.74, 6) is -4.47. The predicted molar refractivity (Wildman–Crippen MR) is 197 cm³/mol. The van der Waals surface area contributed by atoms with Crippen LogP contribution in [-0.4, -0.2) is 11.8 Å². The van der Waals surface area contributed by atoms with Crippen molar-refractivity contribution < 1.29 is 48.9 Å². The summed E-state index contributed by atoms with van der Waals surface area (Å²) in [7, 11) is 0. The number of hydrogen-bond acceptors (Lipinski definition) is 2. The summed E-state index contributed by atoms with van der Waals surface area (Å²) in [6.07, 6.45) is 0. The fourth-order valence-electron chi connectivity index (χ4n) is 5.13. The number of carbonyl (C=O) groups is 2. The van der Waals surface area contributed by atoms with Crippen LogP contribution in [0.1, 0.15) is 43.0 Å². The predicted octanol–water partition coefficient (Wildman–Crippen LogP) is 11.1. The molecule has 0 unspecified atom stereocenters. The van der Waals surface area contributed by atoms with Crippen LogP contribution in [0.3, 0.4) is 0 Å². The van der Waals surface area contributed by atoms with Crippen LogP contribution in [0.2, 0.25) is 10.0 Å². The molecular weight excluding hydrogens is 759 g/mol. The fraction of sp³-hybridized carbons (Fsp3) is 0.0952. The number of hydrogen-bond donors (Lipinski definition) is 0. The Morgan fingerprint density at radius 3 is 1.19 bits per heavy atom. The van der Waals surface area contributed by atoms with E-state index < -0.39 is 35.1 Å². The maximum Gasteiger partial charge on any atom is 2.00 e. The first-order valence-corrected chi connectivity index (χ1v) is 16.7. The Morgan fingerprint density at radius 2 is 0.868 bits per heavy atom. The normalized spacial score (nSPS) is 10.4. The average Bonchev–Trinajstić information content (AvgIpc) is 3.12. The van der Waals surface area contributed by atoms with Crippen LogP contribution in [0.4, 0.5) is 28.9 Å². The molecule has 266 valence electrons. The molecule has 0 atom stereocenters. The number of halogens is 6. The maximum atomic E-state index is 14.3. The van der Waals surface area contributed by atoms with E-state index >= 15 is 0 Å². The van der Waals surface area contributed by atoms with Crippen molar-refractivity contribution in [2.75, 3.05) is 9.80 Å². The van der Waals surface area contributed by atoms with Gasteiger partial charge in [-0.25, -0.2) is 17.6 Å². The molecule has 0 aliphatic heterocycles. The minimum atomic E-state index is -0.933. The van der Waals surface area contributed by atoms with E-state index in [1.807, 2.05) is 74.5 Å². The molecule has 0 saturated heterocycles. The number of benzene rings is 6. The van der Waals surface area contributed by atoms with Crippen LogP contribution in [-0.2, 0) is 34.8 Å². The zero-order valence-corrected chi connectivity index (χ0v) is 31.5. The van der Waals surface area contributed by atoms with E-state index in [1.165, 1.54) is 21.9 Å². The van der Waals surface area contributed by atoms with Crippen molar-refractivity contribution in [2.24, 2.45) is 0 Å². The molecule has 6 aromatic rings. The number of anilines is 2. The first-order valence-electron chi connectivity index (χ1n) is 15.9. The Labute approximate surface area is 330 Å². The number of nitrogens with zero attached hydrogens (tertiary/aromatic N) is 2. The van der Waals surface area contributed by atoms with Gasteiger partial charge in [0.2, 0.25) is 11.8 Å². The number of amides is 2. The van der Waals surface area contributed by atoms with Crippen molar-refractivity contribution in [3.8, 4) is 0 Å². The molecule has 0 heterocycles. The number of rotatable bonds is 8. The number of aryl methyl sites for hydroxylation is 2. The van der Waals surface area contributed by atoms with Gasteiger partial charge in [-0.05, 0) is 60.6 Å². The third kappa shape index (κ3) is 10.7. The topological polar surface area (TPSA) is 40.6 Å². The SMILES string of the molecule is Cc1ccc(CN(C(=O)c2ccccc2Cl)c2ccc(F)[c-]c2F)cc1.Cc1ccc(CN(C(=O)c2ccccc2Cl)c2ccc(F)[c-]c2F)cc1.[Ti+2]. The van der Waals surface area contributed by atoms with Gasteiger partial charge in [0.25, 0.3) is 0 Å². The van der Waals surface area contributed by atoms with Gasteiger partial charge in [0, 0.05) is 36.4 Å². The molecule has 11 heteroatoms. The van der Waals surface area contributed by atoms with Gasteiger partial charge in [-0.1, -0.05) is 107 Å². The Hall–Kier alpha value is -4.73. The minimum Gasteiger partial charge on any atom is -0.355 e. The Bertz CT molecular complexity index is 2050. The molecule has 0 saturated carbocycles. The summed E-state index contributed by atoms with van der Waals surface area (Å²) in [5.41, 5.74) is 4.11. The van der Waals surface area contributed by atoms with E-state index in [9.17, 15) is 27.2 Å². The maximum absolute atomic E-state index is 14.3. The van der Waals surface area contributed by atoms with Crippen LogP contribution >= 0.6 is 23.2 Å². The van der Waals surface area contributed by atoms with Gasteiger partial charge in [-0.2, -0.15) is 0 Å². The molecule has 6 aromatic carbocycles. The Morgan fingerprint density at radius 1 is 0.528 bits per heavy atom. The zero-order valence-electron chi connectivity index (χ0n) is 28.4. The van der Waals surface area contributed by atoms with Gasteiger partial charge in [-0.3, -0.25) is 9.59 Å². The van der Waals surface area contributed by atoms with E-state index in [1.54, 1.807) is 48.5 Å². The molecule has 6 rings (SSSR count). The second-order valence-corrected chi connectivity index (χ2v) is 12.5. The summed E-state index contributed by atoms with van der Waals surface area (Å²) in [6.45, 7) is 4.12. The van der Waals surface area contributed by atoms with Crippen molar-refractivity contribution in [1.29, 1.82) is 0 Å². The molecule has 0 aliphatic carbocycles. The molecule has 0 fully saturated rings. The first kappa shape index (κ1) is 41.0. The summed E-state index contributed by atoms with van der Waals surface area (Å²) < 4.78 is 55.1. The average molecular weight is 789 g/mol. The van der Waals surface area contributed by atoms with Gasteiger partial charge in [-0.15, -0.1) is 36.4 Å². The third-order valence-electron chi connectivity index (χ3n) is 7.89. The van der Waals surface area contributed by atoms with Crippen LogP contribution < -0.4 is 9.80 Å². The monoisotopic (exact) mass is 788 g/mol. The van der Waals surface area contributed by atoms with E-state index in [4.69, 9.17) is 23.2 Å². The second-order valence-electron chi connectivity index (χ2n) is 11.7. The van der Waals surface area contributed by atoms with E-state index in [0.717, 1.165) is 34.4 Å². The van der Waals surface area contributed by atoms with Crippen LogP contribution in [0, 0.1) is 49.2 Å². The fourth-order valence-corrected chi connectivity index (χ4v) is 5.57. The largest absolute Gasteiger partial charge is 2.00 e. The summed E-state index contributed by atoms with van der Waals surface area (Å²) in [5, 5.41) is 0.524. The quantitative estimate of drug-likeness (QED) is 0.0875. The van der Waals surface area contributed by atoms with Gasteiger partial charge in [0.15, 0.2) is 0 Å². The summed E-state index contributed by atoms with van der Waals surface area (Å²) in [6, 6.07) is 36.6.